The Morgan fingerprint density at radius 2 is 2.10 bits per heavy atom. The van der Waals surface area contributed by atoms with Gasteiger partial charge in [-0.05, 0) is 31.1 Å². The summed E-state index contributed by atoms with van der Waals surface area (Å²) in [6.45, 7) is 7.63. The van der Waals surface area contributed by atoms with Gasteiger partial charge < -0.3 is 14.9 Å². The Kier molecular flexibility index (Phi) is 4.07. The van der Waals surface area contributed by atoms with E-state index in [0.29, 0.717) is 18.6 Å². The van der Waals surface area contributed by atoms with Crippen molar-refractivity contribution in [2.75, 3.05) is 0 Å². The topological polar surface area (TPSA) is 92.4 Å². The molecule has 2 N–H and O–H groups in total. The van der Waals surface area contributed by atoms with Crippen molar-refractivity contribution in [2.45, 2.75) is 46.6 Å². The van der Waals surface area contributed by atoms with E-state index in [-0.39, 0.29) is 34.9 Å². The Labute approximate surface area is 123 Å². The summed E-state index contributed by atoms with van der Waals surface area (Å²) < 4.78 is 4.90. The number of carbonyl (C=O) groups is 2. The molecule has 2 rings (SSSR count). The standard InChI is InChI=1S/C15H22N2O4/c1-8-7-12(17-21-8)13(18)16-11-6-5-10(14(19)20)15(3,4)9(11)2/h7,9-11H,5-6H2,1-4H3,(H,16,18)(H,19,20). The summed E-state index contributed by atoms with van der Waals surface area (Å²) in [6.07, 6.45) is 1.22. The fraction of sp³-hybridized carbons (Fsp3) is 0.667. The summed E-state index contributed by atoms with van der Waals surface area (Å²) in [6, 6.07) is 1.54. The van der Waals surface area contributed by atoms with Crippen molar-refractivity contribution in [2.24, 2.45) is 17.3 Å². The van der Waals surface area contributed by atoms with Gasteiger partial charge in [0.15, 0.2) is 5.69 Å². The highest BCUT2D eigenvalue weighted by Crippen LogP contribution is 2.45. The summed E-state index contributed by atoms with van der Waals surface area (Å²) in [5.74, 6) is -0.764. The first-order valence-electron chi connectivity index (χ1n) is 7.20. The lowest BCUT2D eigenvalue weighted by molar-refractivity contribution is -0.150. The van der Waals surface area contributed by atoms with Gasteiger partial charge in [0.05, 0.1) is 5.92 Å². The number of aromatic nitrogens is 1. The van der Waals surface area contributed by atoms with E-state index in [2.05, 4.69) is 10.5 Å². The first-order chi connectivity index (χ1) is 9.73. The number of rotatable bonds is 3. The molecule has 21 heavy (non-hydrogen) atoms. The predicted molar refractivity (Wildman–Crippen MR) is 75.8 cm³/mol. The number of aliphatic carboxylic acids is 1. The fourth-order valence-corrected chi connectivity index (χ4v) is 3.16. The maximum absolute atomic E-state index is 12.1. The number of carboxylic acid groups (broad SMARTS) is 1. The third-order valence-electron chi connectivity index (χ3n) is 4.92. The molecule has 1 aromatic heterocycles. The summed E-state index contributed by atoms with van der Waals surface area (Å²) in [4.78, 5) is 23.5. The highest BCUT2D eigenvalue weighted by atomic mass is 16.5. The lowest BCUT2D eigenvalue weighted by atomic mass is 9.61. The van der Waals surface area contributed by atoms with Crippen molar-refractivity contribution in [3.63, 3.8) is 0 Å². The number of hydrogen-bond acceptors (Lipinski definition) is 4. The molecule has 0 spiro atoms. The first kappa shape index (κ1) is 15.5. The number of nitrogens with one attached hydrogen (secondary N) is 1. The Hall–Kier alpha value is -1.85. The average Bonchev–Trinajstić information content (AvgIpc) is 2.81. The molecule has 1 fully saturated rings. The van der Waals surface area contributed by atoms with Gasteiger partial charge in [-0.2, -0.15) is 0 Å². The summed E-state index contributed by atoms with van der Waals surface area (Å²) in [7, 11) is 0. The second-order valence-corrected chi connectivity index (χ2v) is 6.48. The van der Waals surface area contributed by atoms with Crippen LogP contribution in [0, 0.1) is 24.2 Å². The van der Waals surface area contributed by atoms with Crippen LogP contribution in [0.3, 0.4) is 0 Å². The van der Waals surface area contributed by atoms with Crippen molar-refractivity contribution in [1.29, 1.82) is 0 Å². The molecule has 0 radical (unpaired) electrons. The van der Waals surface area contributed by atoms with E-state index in [9.17, 15) is 14.7 Å². The van der Waals surface area contributed by atoms with Gasteiger partial charge in [-0.3, -0.25) is 9.59 Å². The second kappa shape index (κ2) is 5.50. The number of carbonyl (C=O) groups excluding carboxylic acids is 1. The quantitative estimate of drug-likeness (QED) is 0.892. The number of nitrogens with zero attached hydrogens (tertiary/aromatic N) is 1. The van der Waals surface area contributed by atoms with Gasteiger partial charge in [0.1, 0.15) is 5.76 Å². The zero-order valence-electron chi connectivity index (χ0n) is 12.8. The van der Waals surface area contributed by atoms with Crippen LogP contribution in [0.4, 0.5) is 0 Å². The zero-order valence-corrected chi connectivity index (χ0v) is 12.8. The third-order valence-corrected chi connectivity index (χ3v) is 4.92. The monoisotopic (exact) mass is 294 g/mol. The molecule has 1 amide bonds. The molecule has 0 aromatic carbocycles. The smallest absolute Gasteiger partial charge is 0.307 e. The van der Waals surface area contributed by atoms with Crippen LogP contribution in [0.15, 0.2) is 10.6 Å². The van der Waals surface area contributed by atoms with Gasteiger partial charge in [-0.25, -0.2) is 0 Å². The van der Waals surface area contributed by atoms with Gasteiger partial charge in [-0.15, -0.1) is 0 Å². The Morgan fingerprint density at radius 1 is 1.43 bits per heavy atom. The minimum Gasteiger partial charge on any atom is -0.481 e. The number of amides is 1. The molecule has 6 nitrogen and oxygen atoms in total. The van der Waals surface area contributed by atoms with E-state index in [1.165, 1.54) is 0 Å². The highest BCUT2D eigenvalue weighted by molar-refractivity contribution is 5.92. The molecule has 3 atom stereocenters. The van der Waals surface area contributed by atoms with Crippen LogP contribution in [0.25, 0.3) is 0 Å². The molecule has 0 saturated heterocycles. The Balaban J connectivity index is 2.09. The molecule has 6 heteroatoms. The normalized spacial score (nSPS) is 28.1. The molecular weight excluding hydrogens is 272 g/mol. The van der Waals surface area contributed by atoms with Gasteiger partial charge >= 0.3 is 5.97 Å². The number of carboxylic acids is 1. The van der Waals surface area contributed by atoms with Crippen molar-refractivity contribution in [3.8, 4) is 0 Å². The zero-order chi connectivity index (χ0) is 15.8. The maximum atomic E-state index is 12.1. The predicted octanol–water partition coefficient (Wildman–Crippen LogP) is 2.24. The van der Waals surface area contributed by atoms with Crippen LogP contribution in [-0.4, -0.2) is 28.2 Å². The fourth-order valence-electron chi connectivity index (χ4n) is 3.16. The molecule has 1 aliphatic carbocycles. The Bertz CT molecular complexity index is 550. The van der Waals surface area contributed by atoms with Crippen LogP contribution in [0.5, 0.6) is 0 Å². The summed E-state index contributed by atoms with van der Waals surface area (Å²) in [5.41, 5.74) is -0.111. The molecule has 3 unspecified atom stereocenters. The van der Waals surface area contributed by atoms with Crippen LogP contribution in [0.2, 0.25) is 0 Å². The van der Waals surface area contributed by atoms with Crippen molar-refractivity contribution in [3.05, 3.63) is 17.5 Å². The molecule has 116 valence electrons. The molecular formula is C15H22N2O4. The number of hydrogen-bond donors (Lipinski definition) is 2. The molecule has 0 aliphatic heterocycles. The van der Waals surface area contributed by atoms with E-state index in [1.54, 1.807) is 13.0 Å². The minimum absolute atomic E-state index is 0.0555. The van der Waals surface area contributed by atoms with Crippen molar-refractivity contribution >= 4 is 11.9 Å². The lowest BCUT2D eigenvalue weighted by Gasteiger charge is -2.46. The summed E-state index contributed by atoms with van der Waals surface area (Å²) >= 11 is 0. The van der Waals surface area contributed by atoms with Crippen LogP contribution in [0.1, 0.15) is 49.9 Å². The van der Waals surface area contributed by atoms with Gasteiger partial charge in [0.2, 0.25) is 0 Å². The van der Waals surface area contributed by atoms with Gasteiger partial charge in [0.25, 0.3) is 5.91 Å². The Morgan fingerprint density at radius 3 is 2.62 bits per heavy atom. The highest BCUT2D eigenvalue weighted by Gasteiger charge is 2.46. The van der Waals surface area contributed by atoms with Crippen molar-refractivity contribution in [1.82, 2.24) is 10.5 Å². The summed E-state index contributed by atoms with van der Waals surface area (Å²) in [5, 5.41) is 16.0. The van der Waals surface area contributed by atoms with Crippen LogP contribution in [-0.2, 0) is 4.79 Å². The molecule has 0 bridgehead atoms. The van der Waals surface area contributed by atoms with E-state index < -0.39 is 5.97 Å². The SMILES string of the molecule is Cc1cc(C(=O)NC2CCC(C(=O)O)C(C)(C)C2C)no1. The molecule has 1 heterocycles. The van der Waals surface area contributed by atoms with Crippen LogP contribution >= 0.6 is 0 Å². The molecule has 1 aliphatic rings. The second-order valence-electron chi connectivity index (χ2n) is 6.48. The molecule has 1 aromatic rings. The maximum Gasteiger partial charge on any atom is 0.307 e. The van der Waals surface area contributed by atoms with E-state index in [0.717, 1.165) is 0 Å². The van der Waals surface area contributed by atoms with E-state index in [4.69, 9.17) is 4.52 Å². The molecule has 1 saturated carbocycles. The van der Waals surface area contributed by atoms with E-state index in [1.807, 2.05) is 20.8 Å². The van der Waals surface area contributed by atoms with Crippen molar-refractivity contribution < 1.29 is 19.2 Å². The average molecular weight is 294 g/mol. The first-order valence-corrected chi connectivity index (χ1v) is 7.20. The van der Waals surface area contributed by atoms with Gasteiger partial charge in [-0.1, -0.05) is 25.9 Å². The van der Waals surface area contributed by atoms with E-state index >= 15 is 0 Å². The van der Waals surface area contributed by atoms with Gasteiger partial charge in [0, 0.05) is 12.1 Å². The minimum atomic E-state index is -0.760. The number of aryl methyl sites for hydroxylation is 1. The van der Waals surface area contributed by atoms with Crippen LogP contribution < -0.4 is 5.32 Å². The lowest BCUT2D eigenvalue weighted by Crippen LogP contribution is -2.52. The third kappa shape index (κ3) is 2.94. The largest absolute Gasteiger partial charge is 0.481 e.